The van der Waals surface area contributed by atoms with E-state index in [-0.39, 0.29) is 6.54 Å². The van der Waals surface area contributed by atoms with E-state index in [0.717, 1.165) is 0 Å². The molecule has 0 saturated heterocycles. The molecule has 0 fully saturated rings. The van der Waals surface area contributed by atoms with E-state index in [9.17, 15) is 123 Å². The second-order valence-electron chi connectivity index (χ2n) is 11.5. The van der Waals surface area contributed by atoms with Crippen LogP contribution in [-0.4, -0.2) is 135 Å². The maximum Gasteiger partial charge on any atom is 0.460 e. The molecule has 0 bridgehead atoms. The summed E-state index contributed by atoms with van der Waals surface area (Å²) in [6.07, 6.45) is -12.1. The standard InChI is InChI=1S/C21H19F25N2O4S/c1-48(2,8-9(49)50)6-3-5-47-53(51,52)7-4-10(22,23)11(24,25)12(26,27)13(28,29)14(30,31)15(32,33)16(34,35)17(36,37)18(38,39)19(40,41)20(42,43)21(44,45)46/h47H,3-8H2,1-2H3/p+1. The van der Waals surface area contributed by atoms with E-state index in [1.54, 1.807) is 0 Å². The van der Waals surface area contributed by atoms with Gasteiger partial charge < -0.3 is 9.59 Å². The average Bonchev–Trinajstić information content (AvgIpc) is 2.92. The number of carboxylic acids is 1. The summed E-state index contributed by atoms with van der Waals surface area (Å²) < 4.78 is 363. The van der Waals surface area contributed by atoms with Crippen molar-refractivity contribution in [1.82, 2.24) is 4.72 Å². The quantitative estimate of drug-likeness (QED) is 0.0760. The molecule has 53 heavy (non-hydrogen) atoms. The zero-order valence-corrected chi connectivity index (χ0v) is 26.0. The van der Waals surface area contributed by atoms with Crippen molar-refractivity contribution in [2.24, 2.45) is 0 Å². The maximum absolute atomic E-state index is 14.1. The van der Waals surface area contributed by atoms with Crippen molar-refractivity contribution in [3.63, 3.8) is 0 Å². The van der Waals surface area contributed by atoms with Gasteiger partial charge in [-0.15, -0.1) is 0 Å². The molecule has 0 heterocycles. The Morgan fingerprint density at radius 1 is 0.528 bits per heavy atom. The number of halogens is 25. The number of nitrogens with zero attached hydrogens (tertiary/aromatic N) is 1. The number of hydrogen-bond acceptors (Lipinski definition) is 3. The first-order chi connectivity index (χ1) is 22.6. The van der Waals surface area contributed by atoms with Crippen molar-refractivity contribution in [1.29, 1.82) is 0 Å². The number of aliphatic carboxylic acids is 1. The number of sulfonamides is 1. The molecular formula is C21H20F25N2O4S+. The van der Waals surface area contributed by atoms with Crippen LogP contribution in [0.4, 0.5) is 110 Å². The zero-order valence-electron chi connectivity index (χ0n) is 25.2. The Morgan fingerprint density at radius 3 is 1.09 bits per heavy atom. The lowest BCUT2D eigenvalue weighted by atomic mass is 9.84. The molecule has 0 aromatic carbocycles. The summed E-state index contributed by atoms with van der Waals surface area (Å²) in [6.45, 7) is -1.77. The minimum absolute atomic E-state index is 0.256. The van der Waals surface area contributed by atoms with Crippen LogP contribution in [0.15, 0.2) is 0 Å². The summed E-state index contributed by atoms with van der Waals surface area (Å²) in [5, 5.41) is 8.70. The summed E-state index contributed by atoms with van der Waals surface area (Å²) in [5.41, 5.74) is 0. The van der Waals surface area contributed by atoms with Crippen LogP contribution in [-0.2, 0) is 14.8 Å². The second kappa shape index (κ2) is 14.0. The SMILES string of the molecule is C[N+](C)(CCCNS(=O)(=O)CCC(F)(F)C(F)(F)C(F)(F)C(F)(F)C(F)(F)C(F)(F)C(F)(F)C(F)(F)C(F)(F)C(F)(F)C(F)(F)C(F)(F)F)CC(=O)O. The minimum atomic E-state index is -9.70. The third-order valence-corrected chi connectivity index (χ3v) is 8.26. The topological polar surface area (TPSA) is 83.5 Å². The monoisotopic (exact) mass is 871 g/mol. The number of carboxylic acid groups (broad SMARTS) is 1. The third kappa shape index (κ3) is 8.12. The number of rotatable bonds is 20. The van der Waals surface area contributed by atoms with Gasteiger partial charge in [0, 0.05) is 19.4 Å². The highest BCUT2D eigenvalue weighted by atomic mass is 32.2. The normalized spacial score (nSPS) is 16.3. The number of carbonyl (C=O) groups is 1. The molecule has 0 rings (SSSR count). The third-order valence-electron chi connectivity index (χ3n) is 6.87. The Labute approximate surface area is 277 Å². The molecule has 0 unspecified atom stereocenters. The number of hydrogen-bond donors (Lipinski definition) is 2. The molecule has 0 radical (unpaired) electrons. The molecule has 0 aromatic rings. The molecule has 0 amide bonds. The molecule has 0 spiro atoms. The molecule has 318 valence electrons. The average molecular weight is 871 g/mol. The number of likely N-dealkylation sites (N-methyl/N-ethyl adjacent to an activating group) is 1. The smallest absolute Gasteiger partial charge is 0.460 e. The molecule has 0 aliphatic carbocycles. The first kappa shape index (κ1) is 50.6. The van der Waals surface area contributed by atoms with Crippen LogP contribution < -0.4 is 4.72 Å². The number of quaternary nitrogens is 1. The maximum atomic E-state index is 14.1. The van der Waals surface area contributed by atoms with Crippen molar-refractivity contribution in [2.75, 3.05) is 39.5 Å². The summed E-state index contributed by atoms with van der Waals surface area (Å²) in [5.74, 6) is -104. The van der Waals surface area contributed by atoms with Crippen LogP contribution in [0.2, 0.25) is 0 Å². The predicted octanol–water partition coefficient (Wildman–Crippen LogP) is 7.40. The summed E-state index contributed by atoms with van der Waals surface area (Å²) in [4.78, 5) is 10.7. The second-order valence-corrected chi connectivity index (χ2v) is 13.4. The Kier molecular flexibility index (Phi) is 13.3. The van der Waals surface area contributed by atoms with E-state index in [2.05, 4.69) is 0 Å². The Hall–Kier alpha value is -2.41. The van der Waals surface area contributed by atoms with Crippen LogP contribution in [0.25, 0.3) is 0 Å². The lowest BCUT2D eigenvalue weighted by Crippen LogP contribution is -2.78. The molecule has 32 heteroatoms. The van der Waals surface area contributed by atoms with E-state index in [1.807, 2.05) is 0 Å². The van der Waals surface area contributed by atoms with Gasteiger partial charge in [0.2, 0.25) is 10.0 Å². The minimum Gasteiger partial charge on any atom is -0.477 e. The molecule has 0 atom stereocenters. The summed E-state index contributed by atoms with van der Waals surface area (Å²) in [7, 11) is -2.98. The molecule has 0 saturated carbocycles. The van der Waals surface area contributed by atoms with Gasteiger partial charge in [-0.05, 0) is 0 Å². The fourth-order valence-corrected chi connectivity index (χ4v) is 4.78. The molecular weight excluding hydrogens is 851 g/mol. The van der Waals surface area contributed by atoms with Gasteiger partial charge in [-0.2, -0.15) is 110 Å². The van der Waals surface area contributed by atoms with Crippen molar-refractivity contribution >= 4 is 16.0 Å². The van der Waals surface area contributed by atoms with Crippen LogP contribution >= 0.6 is 0 Å². The van der Waals surface area contributed by atoms with E-state index >= 15 is 0 Å². The van der Waals surface area contributed by atoms with Gasteiger partial charge in [0.25, 0.3) is 0 Å². The van der Waals surface area contributed by atoms with Crippen LogP contribution in [0.3, 0.4) is 0 Å². The van der Waals surface area contributed by atoms with Crippen molar-refractivity contribution in [3.05, 3.63) is 0 Å². The highest BCUT2D eigenvalue weighted by molar-refractivity contribution is 7.89. The van der Waals surface area contributed by atoms with E-state index in [4.69, 9.17) is 5.11 Å². The van der Waals surface area contributed by atoms with Crippen molar-refractivity contribution in [2.45, 2.75) is 84.2 Å². The summed E-state index contributed by atoms with van der Waals surface area (Å²) in [6, 6.07) is 0. The molecule has 6 nitrogen and oxygen atoms in total. The number of alkyl halides is 25. The van der Waals surface area contributed by atoms with E-state index in [0.29, 0.717) is 0 Å². The molecule has 0 aromatic heterocycles. The van der Waals surface area contributed by atoms with Gasteiger partial charge in [0.1, 0.15) is 0 Å². The van der Waals surface area contributed by atoms with Gasteiger partial charge in [-0.1, -0.05) is 0 Å². The Morgan fingerprint density at radius 2 is 0.811 bits per heavy atom. The first-order valence-electron chi connectivity index (χ1n) is 12.8. The largest absolute Gasteiger partial charge is 0.477 e. The predicted molar refractivity (Wildman–Crippen MR) is 121 cm³/mol. The van der Waals surface area contributed by atoms with Crippen molar-refractivity contribution < 1.29 is 133 Å². The fraction of sp³-hybridized carbons (Fsp3) is 0.952. The van der Waals surface area contributed by atoms with Crippen LogP contribution in [0, 0.1) is 0 Å². The van der Waals surface area contributed by atoms with Gasteiger partial charge in [-0.25, -0.2) is 17.9 Å². The highest BCUT2D eigenvalue weighted by Crippen LogP contribution is 2.67. The molecule has 0 aliphatic rings. The van der Waals surface area contributed by atoms with Crippen LogP contribution in [0.5, 0.6) is 0 Å². The van der Waals surface area contributed by atoms with Crippen molar-refractivity contribution in [3.8, 4) is 0 Å². The van der Waals surface area contributed by atoms with Gasteiger partial charge in [0.15, 0.2) is 6.54 Å². The van der Waals surface area contributed by atoms with Gasteiger partial charge in [0.05, 0.1) is 26.4 Å². The Balaban J connectivity index is 6.72. The lowest BCUT2D eigenvalue weighted by Gasteiger charge is -2.45. The lowest BCUT2D eigenvalue weighted by molar-refractivity contribution is -0.883. The van der Waals surface area contributed by atoms with Gasteiger partial charge in [-0.3, -0.25) is 0 Å². The molecule has 2 N–H and O–H groups in total. The fourth-order valence-electron chi connectivity index (χ4n) is 3.66. The zero-order chi connectivity index (χ0) is 43.5. The molecule has 0 aliphatic heterocycles. The van der Waals surface area contributed by atoms with E-state index in [1.165, 1.54) is 18.8 Å². The van der Waals surface area contributed by atoms with E-state index < -0.39 is 123 Å². The number of nitrogens with one attached hydrogen (secondary N) is 1. The van der Waals surface area contributed by atoms with Gasteiger partial charge >= 0.3 is 77.3 Å². The summed E-state index contributed by atoms with van der Waals surface area (Å²) >= 11 is 0. The highest BCUT2D eigenvalue weighted by Gasteiger charge is 2.99. The van der Waals surface area contributed by atoms with Crippen LogP contribution in [0.1, 0.15) is 12.8 Å². The first-order valence-corrected chi connectivity index (χ1v) is 14.5. The Bertz CT molecular complexity index is 1420.